The number of piperidine rings is 1. The number of nitrogens with one attached hydrogen (secondary N) is 1. The maximum absolute atomic E-state index is 12.6. The lowest BCUT2D eigenvalue weighted by atomic mass is 10.0. The van der Waals surface area contributed by atoms with Crippen LogP contribution in [0.5, 0.6) is 0 Å². The van der Waals surface area contributed by atoms with E-state index in [1.165, 1.54) is 11.1 Å². The van der Waals surface area contributed by atoms with Gasteiger partial charge in [0.25, 0.3) is 5.91 Å². The Morgan fingerprint density at radius 2 is 2.10 bits per heavy atom. The topological polar surface area (TPSA) is 92.3 Å². The number of carbonyl (C=O) groups excluding carboxylic acids is 3. The SMILES string of the molecule is O=C1CCC(N2C(=O)c3cccc4nncc2c34)C(=O)N1. The normalized spacial score (nSPS) is 21.0. The summed E-state index contributed by atoms with van der Waals surface area (Å²) in [5, 5.41) is 10.9. The van der Waals surface area contributed by atoms with E-state index < -0.39 is 11.9 Å². The van der Waals surface area contributed by atoms with Gasteiger partial charge in [0.05, 0.1) is 23.0 Å². The van der Waals surface area contributed by atoms with Gasteiger partial charge in [0.15, 0.2) is 0 Å². The molecule has 21 heavy (non-hydrogen) atoms. The van der Waals surface area contributed by atoms with Crippen molar-refractivity contribution in [3.05, 3.63) is 30.0 Å². The minimum Gasteiger partial charge on any atom is -0.295 e. The van der Waals surface area contributed by atoms with Crippen LogP contribution in [0.4, 0.5) is 5.69 Å². The van der Waals surface area contributed by atoms with Gasteiger partial charge in [0, 0.05) is 11.8 Å². The molecule has 1 aromatic carbocycles. The lowest BCUT2D eigenvalue weighted by Crippen LogP contribution is -2.53. The van der Waals surface area contributed by atoms with Crippen LogP contribution in [0.25, 0.3) is 10.9 Å². The van der Waals surface area contributed by atoms with Crippen molar-refractivity contribution in [3.8, 4) is 0 Å². The highest BCUT2D eigenvalue weighted by Gasteiger charge is 2.40. The Labute approximate surface area is 118 Å². The average Bonchev–Trinajstić information content (AvgIpc) is 2.75. The van der Waals surface area contributed by atoms with Crippen molar-refractivity contribution in [2.24, 2.45) is 0 Å². The van der Waals surface area contributed by atoms with Crippen molar-refractivity contribution < 1.29 is 14.4 Å². The molecule has 0 bridgehead atoms. The summed E-state index contributed by atoms with van der Waals surface area (Å²) in [7, 11) is 0. The van der Waals surface area contributed by atoms with Gasteiger partial charge in [-0.25, -0.2) is 0 Å². The molecule has 1 fully saturated rings. The van der Waals surface area contributed by atoms with E-state index >= 15 is 0 Å². The number of amides is 3. The molecule has 0 saturated carbocycles. The fourth-order valence-electron chi connectivity index (χ4n) is 2.94. The Balaban J connectivity index is 1.86. The number of hydrogen-bond donors (Lipinski definition) is 1. The minimum absolute atomic E-state index is 0.220. The number of carbonyl (C=O) groups is 3. The number of aromatic nitrogens is 2. The molecule has 1 N–H and O–H groups in total. The van der Waals surface area contributed by atoms with Crippen molar-refractivity contribution in [1.82, 2.24) is 15.5 Å². The molecule has 2 aromatic rings. The van der Waals surface area contributed by atoms with E-state index in [2.05, 4.69) is 15.5 Å². The molecule has 0 aliphatic carbocycles. The van der Waals surface area contributed by atoms with Crippen LogP contribution in [-0.2, 0) is 9.59 Å². The third-order valence-corrected chi connectivity index (χ3v) is 3.87. The molecule has 2 aliphatic rings. The first-order valence-corrected chi connectivity index (χ1v) is 6.58. The summed E-state index contributed by atoms with van der Waals surface area (Å²) < 4.78 is 0. The molecule has 3 amide bonds. The third kappa shape index (κ3) is 1.57. The van der Waals surface area contributed by atoms with Gasteiger partial charge in [0.1, 0.15) is 6.04 Å². The van der Waals surface area contributed by atoms with Gasteiger partial charge in [-0.15, -0.1) is 0 Å². The van der Waals surface area contributed by atoms with Crippen LogP contribution in [0.1, 0.15) is 23.2 Å². The summed E-state index contributed by atoms with van der Waals surface area (Å²) in [6, 6.07) is 4.54. The predicted molar refractivity (Wildman–Crippen MR) is 72.5 cm³/mol. The Bertz CT molecular complexity index is 812. The third-order valence-electron chi connectivity index (χ3n) is 3.87. The Hall–Kier alpha value is -2.83. The molecule has 104 valence electrons. The zero-order valence-corrected chi connectivity index (χ0v) is 10.9. The quantitative estimate of drug-likeness (QED) is 0.764. The lowest BCUT2D eigenvalue weighted by Gasteiger charge is -2.29. The minimum atomic E-state index is -0.685. The van der Waals surface area contributed by atoms with Crippen molar-refractivity contribution in [3.63, 3.8) is 0 Å². The van der Waals surface area contributed by atoms with Gasteiger partial charge < -0.3 is 0 Å². The van der Waals surface area contributed by atoms with Crippen LogP contribution >= 0.6 is 0 Å². The lowest BCUT2D eigenvalue weighted by molar-refractivity contribution is -0.134. The molecule has 0 spiro atoms. The van der Waals surface area contributed by atoms with E-state index in [9.17, 15) is 14.4 Å². The standard InChI is InChI=1S/C14H10N4O3/c19-11-5-4-9(13(20)16-11)18-10-6-15-17-8-3-1-2-7(12(8)10)14(18)21/h1-3,6,9H,4-5H2,(H,16,19,20). The number of hydrogen-bond acceptors (Lipinski definition) is 5. The molecule has 7 heteroatoms. The highest BCUT2D eigenvalue weighted by atomic mass is 16.2. The summed E-state index contributed by atoms with van der Waals surface area (Å²) in [5.41, 5.74) is 1.71. The van der Waals surface area contributed by atoms with Crippen LogP contribution in [0.3, 0.4) is 0 Å². The average molecular weight is 282 g/mol. The monoisotopic (exact) mass is 282 g/mol. The van der Waals surface area contributed by atoms with E-state index in [0.29, 0.717) is 28.6 Å². The highest BCUT2D eigenvalue weighted by Crippen LogP contribution is 2.37. The molecule has 1 aromatic heterocycles. The summed E-state index contributed by atoms with van der Waals surface area (Å²) in [5.74, 6) is -1.00. The van der Waals surface area contributed by atoms with Crippen molar-refractivity contribution >= 4 is 34.3 Å². The molecule has 2 aliphatic heterocycles. The van der Waals surface area contributed by atoms with Crippen molar-refractivity contribution in [1.29, 1.82) is 0 Å². The summed E-state index contributed by atoms with van der Waals surface area (Å²) in [4.78, 5) is 37.3. The molecule has 1 unspecified atom stereocenters. The van der Waals surface area contributed by atoms with E-state index in [0.717, 1.165) is 0 Å². The fourth-order valence-corrected chi connectivity index (χ4v) is 2.94. The van der Waals surface area contributed by atoms with Crippen LogP contribution < -0.4 is 10.2 Å². The Morgan fingerprint density at radius 1 is 1.24 bits per heavy atom. The zero-order chi connectivity index (χ0) is 14.6. The number of anilines is 1. The summed E-state index contributed by atoms with van der Waals surface area (Å²) >= 11 is 0. The van der Waals surface area contributed by atoms with E-state index in [1.807, 2.05) is 0 Å². The van der Waals surface area contributed by atoms with Crippen LogP contribution in [-0.4, -0.2) is 34.0 Å². The summed E-state index contributed by atoms with van der Waals surface area (Å²) in [6.45, 7) is 0. The van der Waals surface area contributed by atoms with E-state index in [1.54, 1.807) is 18.2 Å². The van der Waals surface area contributed by atoms with Gasteiger partial charge in [-0.3, -0.25) is 24.6 Å². The molecule has 4 rings (SSSR count). The highest BCUT2D eigenvalue weighted by molar-refractivity contribution is 6.26. The van der Waals surface area contributed by atoms with Crippen LogP contribution in [0, 0.1) is 0 Å². The molecule has 7 nitrogen and oxygen atoms in total. The van der Waals surface area contributed by atoms with Crippen molar-refractivity contribution in [2.75, 3.05) is 4.90 Å². The first-order chi connectivity index (χ1) is 10.2. The van der Waals surface area contributed by atoms with Gasteiger partial charge in [-0.1, -0.05) is 6.07 Å². The van der Waals surface area contributed by atoms with Gasteiger partial charge in [-0.2, -0.15) is 10.2 Å². The van der Waals surface area contributed by atoms with Crippen LogP contribution in [0.15, 0.2) is 24.4 Å². The number of rotatable bonds is 1. The number of nitrogens with zero attached hydrogens (tertiary/aromatic N) is 3. The van der Waals surface area contributed by atoms with Gasteiger partial charge in [-0.05, 0) is 18.6 Å². The maximum atomic E-state index is 12.6. The second kappa shape index (κ2) is 4.08. The Morgan fingerprint density at radius 3 is 2.90 bits per heavy atom. The Kier molecular flexibility index (Phi) is 2.32. The molecular weight excluding hydrogens is 272 g/mol. The molecular formula is C14H10N4O3. The van der Waals surface area contributed by atoms with Gasteiger partial charge in [0.2, 0.25) is 11.8 Å². The van der Waals surface area contributed by atoms with Crippen molar-refractivity contribution in [2.45, 2.75) is 18.9 Å². The largest absolute Gasteiger partial charge is 0.295 e. The van der Waals surface area contributed by atoms with Crippen LogP contribution in [0.2, 0.25) is 0 Å². The maximum Gasteiger partial charge on any atom is 0.259 e. The number of imide groups is 1. The molecule has 1 atom stereocenters. The molecule has 0 radical (unpaired) electrons. The molecule has 1 saturated heterocycles. The number of benzene rings is 1. The van der Waals surface area contributed by atoms with E-state index in [4.69, 9.17) is 0 Å². The van der Waals surface area contributed by atoms with E-state index in [-0.39, 0.29) is 18.2 Å². The second-order valence-electron chi connectivity index (χ2n) is 5.07. The first kappa shape index (κ1) is 12.0. The summed E-state index contributed by atoms with van der Waals surface area (Å²) in [6.07, 6.45) is 2.02. The smallest absolute Gasteiger partial charge is 0.259 e. The molecule has 3 heterocycles. The first-order valence-electron chi connectivity index (χ1n) is 6.58. The van der Waals surface area contributed by atoms with Gasteiger partial charge >= 0.3 is 0 Å². The fraction of sp³-hybridized carbons (Fsp3) is 0.214. The zero-order valence-electron chi connectivity index (χ0n) is 10.9. The predicted octanol–water partition coefficient (Wildman–Crippen LogP) is 0.395. The second-order valence-corrected chi connectivity index (χ2v) is 5.07.